The summed E-state index contributed by atoms with van der Waals surface area (Å²) in [6.07, 6.45) is 1.14. The maximum Gasteiger partial charge on any atom is 0.242 e. The van der Waals surface area contributed by atoms with Crippen LogP contribution in [0.4, 0.5) is 0 Å². The third kappa shape index (κ3) is 5.86. The molecule has 0 atom stereocenters. The molecule has 2 rings (SSSR count). The van der Waals surface area contributed by atoms with Crippen LogP contribution >= 0.6 is 0 Å². The van der Waals surface area contributed by atoms with Gasteiger partial charge in [-0.05, 0) is 36.2 Å². The van der Waals surface area contributed by atoms with E-state index in [9.17, 15) is 13.2 Å². The number of benzene rings is 2. The van der Waals surface area contributed by atoms with E-state index in [0.29, 0.717) is 31.7 Å². The summed E-state index contributed by atoms with van der Waals surface area (Å²) in [7, 11) is -0.466. The molecule has 0 aliphatic carbocycles. The average molecular weight is 376 g/mol. The summed E-state index contributed by atoms with van der Waals surface area (Å²) in [5.41, 5.74) is 1.13. The number of carbonyl (C=O) groups is 1. The van der Waals surface area contributed by atoms with Crippen molar-refractivity contribution in [3.8, 4) is 5.75 Å². The summed E-state index contributed by atoms with van der Waals surface area (Å²) >= 11 is 0. The predicted octanol–water partition coefficient (Wildman–Crippen LogP) is 2.06. The van der Waals surface area contributed by atoms with Gasteiger partial charge in [-0.2, -0.15) is 0 Å². The zero-order chi connectivity index (χ0) is 19.0. The Labute approximate surface area is 154 Å². The van der Waals surface area contributed by atoms with Gasteiger partial charge >= 0.3 is 0 Å². The molecule has 1 N–H and O–H groups in total. The summed E-state index contributed by atoms with van der Waals surface area (Å²) in [5.74, 6) is 0.533. The maximum absolute atomic E-state index is 12.0. The lowest BCUT2D eigenvalue weighted by molar-refractivity contribution is -0.121. The van der Waals surface area contributed by atoms with Crippen LogP contribution in [-0.2, 0) is 21.2 Å². The molecule has 6 nitrogen and oxygen atoms in total. The molecule has 0 unspecified atom stereocenters. The quantitative estimate of drug-likeness (QED) is 0.680. The van der Waals surface area contributed by atoms with Crippen LogP contribution in [0.3, 0.4) is 0 Å². The molecule has 0 aromatic heterocycles. The van der Waals surface area contributed by atoms with Crippen LogP contribution in [0.5, 0.6) is 5.75 Å². The number of amides is 1. The van der Waals surface area contributed by atoms with E-state index in [1.54, 1.807) is 12.1 Å². The molecule has 0 spiro atoms. The maximum atomic E-state index is 12.0. The number of nitrogens with one attached hydrogen (secondary N) is 1. The van der Waals surface area contributed by atoms with Crippen molar-refractivity contribution in [3.63, 3.8) is 0 Å². The molecule has 0 saturated carbocycles. The Balaban J connectivity index is 1.70. The van der Waals surface area contributed by atoms with E-state index in [2.05, 4.69) is 5.32 Å². The molecule has 0 bridgehead atoms. The molecule has 0 aliphatic rings. The Kier molecular flexibility index (Phi) is 7.17. The molecule has 0 heterocycles. The minimum absolute atomic E-state index is 0.0233. The molecule has 1 amide bonds. The molecule has 2 aromatic carbocycles. The number of aryl methyl sites for hydroxylation is 1. The van der Waals surface area contributed by atoms with Crippen molar-refractivity contribution >= 4 is 15.9 Å². The van der Waals surface area contributed by atoms with Gasteiger partial charge < -0.3 is 10.1 Å². The second-order valence-corrected chi connectivity index (χ2v) is 8.09. The van der Waals surface area contributed by atoms with Gasteiger partial charge in [-0.25, -0.2) is 12.7 Å². The number of nitrogens with zero attached hydrogens (tertiary/aromatic N) is 1. The fourth-order valence-electron chi connectivity index (χ4n) is 2.27. The van der Waals surface area contributed by atoms with Crippen LogP contribution in [-0.4, -0.2) is 45.9 Å². The summed E-state index contributed by atoms with van der Waals surface area (Å²) in [6, 6.07) is 16.1. The molecule has 0 radical (unpaired) electrons. The van der Waals surface area contributed by atoms with E-state index in [1.807, 2.05) is 30.3 Å². The smallest absolute Gasteiger partial charge is 0.242 e. The number of sulfonamides is 1. The first-order valence-corrected chi connectivity index (χ1v) is 9.79. The second kappa shape index (κ2) is 9.35. The highest BCUT2D eigenvalue weighted by atomic mass is 32.2. The molecule has 7 heteroatoms. The SMILES string of the molecule is CN(C)S(=O)(=O)c1ccc(OCCNC(=O)CCc2ccccc2)cc1. The van der Waals surface area contributed by atoms with Gasteiger partial charge in [0, 0.05) is 20.5 Å². The van der Waals surface area contributed by atoms with Gasteiger partial charge in [0.25, 0.3) is 0 Å². The zero-order valence-corrected chi connectivity index (χ0v) is 15.8. The molecule has 0 saturated heterocycles. The topological polar surface area (TPSA) is 75.7 Å². The molecular formula is C19H24N2O4S. The van der Waals surface area contributed by atoms with Gasteiger partial charge in [0.2, 0.25) is 15.9 Å². The molecule has 26 heavy (non-hydrogen) atoms. The normalized spacial score (nSPS) is 11.3. The van der Waals surface area contributed by atoms with Crippen molar-refractivity contribution in [2.24, 2.45) is 0 Å². The fourth-order valence-corrected chi connectivity index (χ4v) is 3.17. The van der Waals surface area contributed by atoms with E-state index >= 15 is 0 Å². The second-order valence-electron chi connectivity index (χ2n) is 5.94. The number of hydrogen-bond donors (Lipinski definition) is 1. The Hall–Kier alpha value is -2.38. The Bertz CT molecular complexity index is 803. The Morgan fingerprint density at radius 2 is 1.69 bits per heavy atom. The van der Waals surface area contributed by atoms with Crippen molar-refractivity contribution in [2.45, 2.75) is 17.7 Å². The third-order valence-corrected chi connectivity index (χ3v) is 5.61. The summed E-state index contributed by atoms with van der Waals surface area (Å²) in [5, 5.41) is 2.81. The van der Waals surface area contributed by atoms with Gasteiger partial charge in [-0.3, -0.25) is 4.79 Å². The lowest BCUT2D eigenvalue weighted by Gasteiger charge is -2.12. The van der Waals surface area contributed by atoms with Gasteiger partial charge in [0.15, 0.2) is 0 Å². The lowest BCUT2D eigenvalue weighted by Crippen LogP contribution is -2.28. The molecule has 2 aromatic rings. The highest BCUT2D eigenvalue weighted by Crippen LogP contribution is 2.17. The van der Waals surface area contributed by atoms with Crippen molar-refractivity contribution in [1.29, 1.82) is 0 Å². The van der Waals surface area contributed by atoms with Crippen molar-refractivity contribution in [3.05, 3.63) is 60.2 Å². The molecule has 0 aliphatic heterocycles. The largest absolute Gasteiger partial charge is 0.492 e. The van der Waals surface area contributed by atoms with Crippen molar-refractivity contribution in [1.82, 2.24) is 9.62 Å². The summed E-state index contributed by atoms with van der Waals surface area (Å²) < 4.78 is 30.6. The minimum Gasteiger partial charge on any atom is -0.492 e. The highest BCUT2D eigenvalue weighted by molar-refractivity contribution is 7.89. The van der Waals surface area contributed by atoms with E-state index < -0.39 is 10.0 Å². The first-order chi connectivity index (χ1) is 12.4. The number of hydrogen-bond acceptors (Lipinski definition) is 4. The van der Waals surface area contributed by atoms with Crippen LogP contribution in [0.15, 0.2) is 59.5 Å². The van der Waals surface area contributed by atoms with E-state index in [1.165, 1.54) is 26.2 Å². The van der Waals surface area contributed by atoms with E-state index in [-0.39, 0.29) is 10.8 Å². The van der Waals surface area contributed by atoms with Crippen LogP contribution in [0.2, 0.25) is 0 Å². The first-order valence-electron chi connectivity index (χ1n) is 8.35. The lowest BCUT2D eigenvalue weighted by atomic mass is 10.1. The van der Waals surface area contributed by atoms with Crippen molar-refractivity contribution < 1.29 is 17.9 Å². The van der Waals surface area contributed by atoms with Gasteiger partial charge in [-0.1, -0.05) is 30.3 Å². The van der Waals surface area contributed by atoms with Gasteiger partial charge in [0.1, 0.15) is 12.4 Å². The van der Waals surface area contributed by atoms with Gasteiger partial charge in [0.05, 0.1) is 11.4 Å². The highest BCUT2D eigenvalue weighted by Gasteiger charge is 2.16. The van der Waals surface area contributed by atoms with E-state index in [0.717, 1.165) is 9.87 Å². The molecule has 0 fully saturated rings. The predicted molar refractivity (Wildman–Crippen MR) is 101 cm³/mol. The molecule has 140 valence electrons. The summed E-state index contributed by atoms with van der Waals surface area (Å²) in [6.45, 7) is 0.711. The zero-order valence-electron chi connectivity index (χ0n) is 15.0. The standard InChI is InChI=1S/C19H24N2O4S/c1-21(2)26(23,24)18-11-9-17(10-12-18)25-15-14-20-19(22)13-8-16-6-4-3-5-7-16/h3-7,9-12H,8,13-15H2,1-2H3,(H,20,22). The average Bonchev–Trinajstić information content (AvgIpc) is 2.64. The number of ether oxygens (including phenoxy) is 1. The number of carbonyl (C=O) groups excluding carboxylic acids is 1. The van der Waals surface area contributed by atoms with Crippen molar-refractivity contribution in [2.75, 3.05) is 27.2 Å². The van der Waals surface area contributed by atoms with Crippen LogP contribution in [0, 0.1) is 0 Å². The van der Waals surface area contributed by atoms with Gasteiger partial charge in [-0.15, -0.1) is 0 Å². The fraction of sp³-hybridized carbons (Fsp3) is 0.316. The monoisotopic (exact) mass is 376 g/mol. The Morgan fingerprint density at radius 3 is 2.31 bits per heavy atom. The van der Waals surface area contributed by atoms with Crippen LogP contribution in [0.1, 0.15) is 12.0 Å². The van der Waals surface area contributed by atoms with Crippen LogP contribution in [0.25, 0.3) is 0 Å². The molecular weight excluding hydrogens is 352 g/mol. The van der Waals surface area contributed by atoms with Crippen LogP contribution < -0.4 is 10.1 Å². The minimum atomic E-state index is -3.44. The Morgan fingerprint density at radius 1 is 1.04 bits per heavy atom. The first kappa shape index (κ1) is 19.9. The number of rotatable bonds is 9. The summed E-state index contributed by atoms with van der Waals surface area (Å²) in [4.78, 5) is 12.0. The third-order valence-electron chi connectivity index (χ3n) is 3.78. The van der Waals surface area contributed by atoms with E-state index in [4.69, 9.17) is 4.74 Å².